The number of aromatic nitrogens is 1. The number of amides is 1. The number of ether oxygens (including phenoxy) is 1. The average Bonchev–Trinajstić information content (AvgIpc) is 2.83. The van der Waals surface area contributed by atoms with Crippen LogP contribution in [0.5, 0.6) is 0 Å². The summed E-state index contributed by atoms with van der Waals surface area (Å²) in [6.07, 6.45) is 1.68. The molecule has 2 heterocycles. The summed E-state index contributed by atoms with van der Waals surface area (Å²) in [6.45, 7) is 7.25. The second kappa shape index (κ2) is 5.25. The maximum atomic E-state index is 11.8. The number of nitrogens with one attached hydrogen (secondary N) is 2. The molecule has 0 saturated carbocycles. The Labute approximate surface area is 114 Å². The molecular weight excluding hydrogens is 242 g/mol. The van der Waals surface area contributed by atoms with Gasteiger partial charge in [0.2, 0.25) is 0 Å². The van der Waals surface area contributed by atoms with Crippen LogP contribution in [0.15, 0.2) is 18.3 Å². The maximum absolute atomic E-state index is 11.8. The number of hydrogen-bond acceptors (Lipinski definition) is 3. The summed E-state index contributed by atoms with van der Waals surface area (Å²) in [5.41, 5.74) is 0.766. The van der Waals surface area contributed by atoms with Gasteiger partial charge in [-0.25, -0.2) is 4.79 Å². The number of carbonyl (C=O) groups excluding carboxylic acids is 1. The number of hydrogen-bond donors (Lipinski definition) is 2. The monoisotopic (exact) mass is 265 g/mol. The van der Waals surface area contributed by atoms with Gasteiger partial charge in [-0.15, -0.1) is 0 Å². The fourth-order valence-corrected chi connectivity index (χ4v) is 2.46. The van der Waals surface area contributed by atoms with Gasteiger partial charge in [0.25, 0.3) is 0 Å². The number of nitrogens with zero attached hydrogens (tertiary/aromatic N) is 1. The molecule has 2 rings (SSSR count). The van der Waals surface area contributed by atoms with Gasteiger partial charge in [-0.3, -0.25) is 0 Å². The van der Waals surface area contributed by atoms with Crippen LogP contribution in [-0.2, 0) is 11.8 Å². The Morgan fingerprint density at radius 2 is 2.21 bits per heavy atom. The van der Waals surface area contributed by atoms with Gasteiger partial charge in [-0.2, -0.15) is 0 Å². The second-order valence-electron chi connectivity index (χ2n) is 6.06. The molecule has 5 heteroatoms. The molecule has 106 valence electrons. The summed E-state index contributed by atoms with van der Waals surface area (Å²) in [5, 5.41) is 6.29. The molecular formula is C14H23N3O2. The molecule has 0 aromatic carbocycles. The van der Waals surface area contributed by atoms with Crippen molar-refractivity contribution in [3.8, 4) is 0 Å². The zero-order valence-electron chi connectivity index (χ0n) is 12.1. The van der Waals surface area contributed by atoms with E-state index in [-0.39, 0.29) is 18.1 Å². The Balaban J connectivity index is 2.00. The van der Waals surface area contributed by atoms with E-state index >= 15 is 0 Å². The summed E-state index contributed by atoms with van der Waals surface area (Å²) in [7, 11) is 2.03. The van der Waals surface area contributed by atoms with E-state index in [9.17, 15) is 4.79 Å². The van der Waals surface area contributed by atoms with Crippen molar-refractivity contribution in [3.05, 3.63) is 24.0 Å². The lowest BCUT2D eigenvalue weighted by molar-refractivity contribution is 0.0504. The average molecular weight is 265 g/mol. The molecule has 0 spiro atoms. The van der Waals surface area contributed by atoms with Gasteiger partial charge in [-0.1, -0.05) is 0 Å². The van der Waals surface area contributed by atoms with Gasteiger partial charge < -0.3 is 19.9 Å². The Morgan fingerprint density at radius 1 is 1.47 bits per heavy atom. The van der Waals surface area contributed by atoms with Gasteiger partial charge in [-0.05, 0) is 32.9 Å². The molecule has 1 aliphatic heterocycles. The molecule has 0 bridgehead atoms. The fraction of sp³-hybridized carbons (Fsp3) is 0.643. The summed E-state index contributed by atoms with van der Waals surface area (Å²) in [5.74, 6) is 0.285. The van der Waals surface area contributed by atoms with E-state index in [2.05, 4.69) is 21.3 Å². The van der Waals surface area contributed by atoms with Crippen molar-refractivity contribution < 1.29 is 9.53 Å². The molecule has 0 unspecified atom stereocenters. The van der Waals surface area contributed by atoms with Crippen LogP contribution < -0.4 is 10.6 Å². The summed E-state index contributed by atoms with van der Waals surface area (Å²) < 4.78 is 7.41. The predicted octanol–water partition coefficient (Wildman–Crippen LogP) is 1.61. The predicted molar refractivity (Wildman–Crippen MR) is 74.2 cm³/mol. The van der Waals surface area contributed by atoms with Gasteiger partial charge >= 0.3 is 6.09 Å². The Hall–Kier alpha value is -1.49. The SMILES string of the molecule is Cn1cccc1[C@H]1CNC[C@@H]1NC(=O)OC(C)(C)C. The van der Waals surface area contributed by atoms with Gasteiger partial charge in [0.05, 0.1) is 6.04 Å². The third-order valence-corrected chi connectivity index (χ3v) is 3.28. The van der Waals surface area contributed by atoms with E-state index in [4.69, 9.17) is 4.74 Å². The van der Waals surface area contributed by atoms with E-state index < -0.39 is 5.60 Å². The molecule has 19 heavy (non-hydrogen) atoms. The number of aryl methyl sites for hydroxylation is 1. The first kappa shape index (κ1) is 13.9. The summed E-state index contributed by atoms with van der Waals surface area (Å²) in [6, 6.07) is 4.20. The quantitative estimate of drug-likeness (QED) is 0.854. The number of alkyl carbamates (subject to hydrolysis) is 1. The molecule has 0 radical (unpaired) electrons. The van der Waals surface area contributed by atoms with Crippen LogP contribution in [0.25, 0.3) is 0 Å². The molecule has 5 nitrogen and oxygen atoms in total. The molecule has 1 aliphatic rings. The standard InChI is InChI=1S/C14H23N3O2/c1-14(2,3)19-13(18)16-11-9-15-8-10(11)12-6-5-7-17(12)4/h5-7,10-11,15H,8-9H2,1-4H3,(H,16,18)/t10-,11-/m0/s1. The van der Waals surface area contributed by atoms with Crippen LogP contribution >= 0.6 is 0 Å². The Bertz CT molecular complexity index is 448. The molecule has 1 fully saturated rings. The van der Waals surface area contributed by atoms with Crippen molar-refractivity contribution in [1.29, 1.82) is 0 Å². The highest BCUT2D eigenvalue weighted by Crippen LogP contribution is 2.23. The van der Waals surface area contributed by atoms with Crippen LogP contribution in [0, 0.1) is 0 Å². The van der Waals surface area contributed by atoms with E-state index in [1.54, 1.807) is 0 Å². The van der Waals surface area contributed by atoms with E-state index in [1.807, 2.05) is 40.1 Å². The molecule has 2 atom stereocenters. The normalized spacial score (nSPS) is 23.4. The van der Waals surface area contributed by atoms with E-state index in [1.165, 1.54) is 5.69 Å². The van der Waals surface area contributed by atoms with Crippen LogP contribution in [0.3, 0.4) is 0 Å². The van der Waals surface area contributed by atoms with Crippen LogP contribution in [-0.4, -0.2) is 35.4 Å². The summed E-state index contributed by atoms with van der Waals surface area (Å²) >= 11 is 0. The van der Waals surface area contributed by atoms with E-state index in [0.717, 1.165) is 13.1 Å². The lowest BCUT2D eigenvalue weighted by Gasteiger charge is -2.24. The summed E-state index contributed by atoms with van der Waals surface area (Å²) in [4.78, 5) is 11.8. The van der Waals surface area contributed by atoms with Gasteiger partial charge in [0.15, 0.2) is 0 Å². The number of carbonyl (C=O) groups is 1. The molecule has 1 amide bonds. The molecule has 1 aromatic heterocycles. The molecule has 0 aliphatic carbocycles. The third kappa shape index (κ3) is 3.50. The minimum atomic E-state index is -0.462. The fourth-order valence-electron chi connectivity index (χ4n) is 2.46. The second-order valence-corrected chi connectivity index (χ2v) is 6.06. The van der Waals surface area contributed by atoms with Crippen molar-refractivity contribution in [1.82, 2.24) is 15.2 Å². The Kier molecular flexibility index (Phi) is 3.85. The molecule has 1 saturated heterocycles. The smallest absolute Gasteiger partial charge is 0.407 e. The molecule has 1 aromatic rings. The topological polar surface area (TPSA) is 55.3 Å². The van der Waals surface area contributed by atoms with E-state index in [0.29, 0.717) is 0 Å². The first-order valence-electron chi connectivity index (χ1n) is 6.68. The lowest BCUT2D eigenvalue weighted by atomic mass is 10.00. The van der Waals surface area contributed by atoms with Crippen molar-refractivity contribution in [2.24, 2.45) is 7.05 Å². The van der Waals surface area contributed by atoms with Crippen LogP contribution in [0.2, 0.25) is 0 Å². The lowest BCUT2D eigenvalue weighted by Crippen LogP contribution is -2.42. The zero-order valence-corrected chi connectivity index (χ0v) is 12.1. The largest absolute Gasteiger partial charge is 0.444 e. The van der Waals surface area contributed by atoms with Gasteiger partial charge in [0, 0.05) is 37.9 Å². The zero-order chi connectivity index (χ0) is 14.0. The van der Waals surface area contributed by atoms with Crippen molar-refractivity contribution >= 4 is 6.09 Å². The minimum absolute atomic E-state index is 0.0726. The number of rotatable bonds is 2. The van der Waals surface area contributed by atoms with Crippen LogP contribution in [0.4, 0.5) is 4.79 Å². The Morgan fingerprint density at radius 3 is 2.79 bits per heavy atom. The van der Waals surface area contributed by atoms with Crippen molar-refractivity contribution in [2.75, 3.05) is 13.1 Å². The van der Waals surface area contributed by atoms with Gasteiger partial charge in [0.1, 0.15) is 5.60 Å². The first-order chi connectivity index (χ1) is 8.87. The molecule has 2 N–H and O–H groups in total. The van der Waals surface area contributed by atoms with Crippen molar-refractivity contribution in [2.45, 2.75) is 38.3 Å². The van der Waals surface area contributed by atoms with Crippen LogP contribution in [0.1, 0.15) is 32.4 Å². The highest BCUT2D eigenvalue weighted by molar-refractivity contribution is 5.68. The third-order valence-electron chi connectivity index (χ3n) is 3.28. The van der Waals surface area contributed by atoms with Crippen molar-refractivity contribution in [3.63, 3.8) is 0 Å². The highest BCUT2D eigenvalue weighted by Gasteiger charge is 2.32. The maximum Gasteiger partial charge on any atom is 0.407 e. The highest BCUT2D eigenvalue weighted by atomic mass is 16.6. The minimum Gasteiger partial charge on any atom is -0.444 e. The first-order valence-corrected chi connectivity index (χ1v) is 6.68.